The third-order valence-electron chi connectivity index (χ3n) is 2.25. The molecule has 2 N–H and O–H groups in total. The van der Waals surface area contributed by atoms with Crippen molar-refractivity contribution in [3.63, 3.8) is 0 Å². The van der Waals surface area contributed by atoms with Crippen LogP contribution in [-0.2, 0) is 0 Å². The first-order valence-corrected chi connectivity index (χ1v) is 5.19. The molecule has 0 spiro atoms. The summed E-state index contributed by atoms with van der Waals surface area (Å²) in [6, 6.07) is 13.2. The SMILES string of the molecule is COc1ccc(N=C(N)c2ccccc2)cn1. The number of nitrogens with two attached hydrogens (primary N) is 1. The first kappa shape index (κ1) is 11.1. The van der Waals surface area contributed by atoms with Gasteiger partial charge in [0.25, 0.3) is 0 Å². The van der Waals surface area contributed by atoms with E-state index in [4.69, 9.17) is 10.5 Å². The lowest BCUT2D eigenvalue weighted by Gasteiger charge is -2.01. The molecule has 1 heterocycles. The molecule has 17 heavy (non-hydrogen) atoms. The zero-order chi connectivity index (χ0) is 12.1. The number of ether oxygens (including phenoxy) is 1. The minimum absolute atomic E-state index is 0.470. The first-order valence-electron chi connectivity index (χ1n) is 5.19. The summed E-state index contributed by atoms with van der Waals surface area (Å²) < 4.78 is 4.97. The Labute approximate surface area is 99.8 Å². The highest BCUT2D eigenvalue weighted by Gasteiger charge is 1.98. The van der Waals surface area contributed by atoms with E-state index in [1.165, 1.54) is 0 Å². The van der Waals surface area contributed by atoms with Crippen LogP contribution in [0, 0.1) is 0 Å². The minimum Gasteiger partial charge on any atom is -0.481 e. The Hall–Kier alpha value is -2.36. The summed E-state index contributed by atoms with van der Waals surface area (Å²) in [5.74, 6) is 1.03. The fourth-order valence-electron chi connectivity index (χ4n) is 1.37. The Morgan fingerprint density at radius 3 is 2.53 bits per heavy atom. The van der Waals surface area contributed by atoms with Gasteiger partial charge in [-0.05, 0) is 6.07 Å². The van der Waals surface area contributed by atoms with Gasteiger partial charge in [-0.3, -0.25) is 0 Å². The number of methoxy groups -OCH3 is 1. The molecule has 4 nitrogen and oxygen atoms in total. The van der Waals surface area contributed by atoms with Crippen LogP contribution in [0.1, 0.15) is 5.56 Å². The van der Waals surface area contributed by atoms with Crippen LogP contribution >= 0.6 is 0 Å². The van der Waals surface area contributed by atoms with Crippen LogP contribution in [0.4, 0.5) is 5.69 Å². The molecule has 4 heteroatoms. The van der Waals surface area contributed by atoms with Crippen molar-refractivity contribution in [2.45, 2.75) is 0 Å². The Morgan fingerprint density at radius 1 is 1.18 bits per heavy atom. The highest BCUT2D eigenvalue weighted by atomic mass is 16.5. The van der Waals surface area contributed by atoms with Crippen LogP contribution < -0.4 is 10.5 Å². The van der Waals surface area contributed by atoms with Crippen LogP contribution in [0.25, 0.3) is 0 Å². The third-order valence-corrected chi connectivity index (χ3v) is 2.25. The number of rotatable bonds is 3. The summed E-state index contributed by atoms with van der Waals surface area (Å²) in [6.45, 7) is 0. The molecule has 0 fully saturated rings. The number of nitrogens with zero attached hydrogens (tertiary/aromatic N) is 2. The predicted octanol–water partition coefficient (Wildman–Crippen LogP) is 2.13. The Kier molecular flexibility index (Phi) is 3.35. The second-order valence-electron chi connectivity index (χ2n) is 3.42. The van der Waals surface area contributed by atoms with Gasteiger partial charge in [-0.25, -0.2) is 9.98 Å². The van der Waals surface area contributed by atoms with Crippen molar-refractivity contribution >= 4 is 11.5 Å². The van der Waals surface area contributed by atoms with Crippen LogP contribution in [0.3, 0.4) is 0 Å². The van der Waals surface area contributed by atoms with Crippen molar-refractivity contribution in [2.24, 2.45) is 10.7 Å². The van der Waals surface area contributed by atoms with Crippen molar-refractivity contribution < 1.29 is 4.74 Å². The van der Waals surface area contributed by atoms with E-state index >= 15 is 0 Å². The number of aromatic nitrogens is 1. The first-order chi connectivity index (χ1) is 8.29. The number of benzene rings is 1. The summed E-state index contributed by atoms with van der Waals surface area (Å²) in [7, 11) is 1.57. The number of pyridine rings is 1. The van der Waals surface area contributed by atoms with Gasteiger partial charge in [0.15, 0.2) is 0 Å². The maximum atomic E-state index is 5.89. The quantitative estimate of drug-likeness (QED) is 0.645. The van der Waals surface area contributed by atoms with Crippen molar-refractivity contribution in [3.8, 4) is 5.88 Å². The number of hydrogen-bond donors (Lipinski definition) is 1. The molecule has 86 valence electrons. The second-order valence-corrected chi connectivity index (χ2v) is 3.42. The van der Waals surface area contributed by atoms with Gasteiger partial charge >= 0.3 is 0 Å². The molecule has 0 atom stereocenters. The van der Waals surface area contributed by atoms with E-state index in [2.05, 4.69) is 9.98 Å². The van der Waals surface area contributed by atoms with E-state index in [0.717, 1.165) is 5.56 Å². The van der Waals surface area contributed by atoms with Gasteiger partial charge in [0.1, 0.15) is 5.84 Å². The summed E-state index contributed by atoms with van der Waals surface area (Å²) in [4.78, 5) is 8.34. The van der Waals surface area contributed by atoms with Crippen LogP contribution in [0.15, 0.2) is 53.7 Å². The van der Waals surface area contributed by atoms with E-state index in [1.54, 1.807) is 19.4 Å². The highest BCUT2D eigenvalue weighted by Crippen LogP contribution is 2.14. The van der Waals surface area contributed by atoms with E-state index in [1.807, 2.05) is 36.4 Å². The van der Waals surface area contributed by atoms with Gasteiger partial charge in [-0.2, -0.15) is 0 Å². The average molecular weight is 227 g/mol. The van der Waals surface area contributed by atoms with E-state index in [0.29, 0.717) is 17.4 Å². The van der Waals surface area contributed by atoms with Crippen molar-refractivity contribution in [1.29, 1.82) is 0 Å². The highest BCUT2D eigenvalue weighted by molar-refractivity contribution is 5.98. The van der Waals surface area contributed by atoms with E-state index < -0.39 is 0 Å². The van der Waals surface area contributed by atoms with Gasteiger partial charge in [0.2, 0.25) is 5.88 Å². The topological polar surface area (TPSA) is 60.5 Å². The largest absolute Gasteiger partial charge is 0.481 e. The fourth-order valence-corrected chi connectivity index (χ4v) is 1.37. The Bertz CT molecular complexity index is 506. The summed E-state index contributed by atoms with van der Waals surface area (Å²) >= 11 is 0. The van der Waals surface area contributed by atoms with E-state index in [9.17, 15) is 0 Å². The molecule has 0 saturated carbocycles. The summed E-state index contributed by atoms with van der Waals surface area (Å²) in [6.07, 6.45) is 1.62. The molecular weight excluding hydrogens is 214 g/mol. The van der Waals surface area contributed by atoms with Crippen LogP contribution in [0.5, 0.6) is 5.88 Å². The molecule has 2 rings (SSSR count). The van der Waals surface area contributed by atoms with Crippen LogP contribution in [-0.4, -0.2) is 17.9 Å². The molecule has 0 aliphatic carbocycles. The Morgan fingerprint density at radius 2 is 1.94 bits per heavy atom. The number of aliphatic imine (C=N–C) groups is 1. The third kappa shape index (κ3) is 2.81. The van der Waals surface area contributed by atoms with E-state index in [-0.39, 0.29) is 0 Å². The Balaban J connectivity index is 2.23. The molecule has 0 unspecified atom stereocenters. The number of hydrogen-bond acceptors (Lipinski definition) is 3. The van der Waals surface area contributed by atoms with Gasteiger partial charge < -0.3 is 10.5 Å². The lowest BCUT2D eigenvalue weighted by atomic mass is 10.2. The zero-order valence-electron chi connectivity index (χ0n) is 9.50. The van der Waals surface area contributed by atoms with Crippen molar-refractivity contribution in [2.75, 3.05) is 7.11 Å². The maximum Gasteiger partial charge on any atom is 0.213 e. The maximum absolute atomic E-state index is 5.89. The number of amidine groups is 1. The molecular formula is C13H13N3O. The fraction of sp³-hybridized carbons (Fsp3) is 0.0769. The average Bonchev–Trinajstić information content (AvgIpc) is 2.40. The predicted molar refractivity (Wildman–Crippen MR) is 67.6 cm³/mol. The normalized spacial score (nSPS) is 11.2. The van der Waals surface area contributed by atoms with Gasteiger partial charge in [-0.15, -0.1) is 0 Å². The van der Waals surface area contributed by atoms with Gasteiger partial charge in [0.05, 0.1) is 19.0 Å². The summed E-state index contributed by atoms with van der Waals surface area (Å²) in [5.41, 5.74) is 7.48. The zero-order valence-corrected chi connectivity index (χ0v) is 9.50. The smallest absolute Gasteiger partial charge is 0.213 e. The van der Waals surface area contributed by atoms with Crippen molar-refractivity contribution in [3.05, 3.63) is 54.2 Å². The molecule has 0 aliphatic rings. The molecule has 0 aliphatic heterocycles. The molecule has 0 bridgehead atoms. The monoisotopic (exact) mass is 227 g/mol. The summed E-state index contributed by atoms with van der Waals surface area (Å²) in [5, 5.41) is 0. The molecule has 2 aromatic rings. The molecule has 0 saturated heterocycles. The minimum atomic E-state index is 0.470. The van der Waals surface area contributed by atoms with Gasteiger partial charge in [-0.1, -0.05) is 30.3 Å². The molecule has 0 radical (unpaired) electrons. The lowest BCUT2D eigenvalue weighted by Crippen LogP contribution is -2.12. The van der Waals surface area contributed by atoms with Crippen LogP contribution in [0.2, 0.25) is 0 Å². The van der Waals surface area contributed by atoms with Crippen molar-refractivity contribution in [1.82, 2.24) is 4.98 Å². The standard InChI is InChI=1S/C13H13N3O/c1-17-12-8-7-11(9-15-12)16-13(14)10-5-3-2-4-6-10/h2-9H,1H3,(H2,14,16). The molecule has 1 aromatic heterocycles. The molecule has 1 aromatic carbocycles. The van der Waals surface area contributed by atoms with Gasteiger partial charge in [0, 0.05) is 11.6 Å². The lowest BCUT2D eigenvalue weighted by molar-refractivity contribution is 0.398. The second kappa shape index (κ2) is 5.12. The molecule has 0 amide bonds.